The Hall–Kier alpha value is -2.27. The lowest BCUT2D eigenvalue weighted by Gasteiger charge is -2.16. The minimum Gasteiger partial charge on any atom is -0.462 e. The maximum atomic E-state index is 12.1. The number of nitrogens with one attached hydrogen (secondary N) is 1. The second-order valence-corrected chi connectivity index (χ2v) is 5.94. The van der Waals surface area contributed by atoms with Crippen molar-refractivity contribution in [3.63, 3.8) is 0 Å². The number of ether oxygens (including phenoxy) is 1. The van der Waals surface area contributed by atoms with Gasteiger partial charge in [-0.25, -0.2) is 4.79 Å². The molecule has 4 nitrogen and oxygen atoms in total. The van der Waals surface area contributed by atoms with Crippen molar-refractivity contribution in [1.29, 1.82) is 0 Å². The van der Waals surface area contributed by atoms with Crippen LogP contribution in [-0.4, -0.2) is 24.2 Å². The highest BCUT2D eigenvalue weighted by atomic mass is 32.2. The van der Waals surface area contributed by atoms with E-state index in [-0.39, 0.29) is 11.9 Å². The molecule has 1 amide bonds. The standard InChI is InChI=1S/C17H15NO3S/c19-16-11-22-15-7-6-13(10-14(15)18-16)17(20)21-9-8-12-4-2-1-3-5-12/h1-7,10H,8-9,11H2,(H,18,19). The fourth-order valence-electron chi connectivity index (χ4n) is 2.20. The summed E-state index contributed by atoms with van der Waals surface area (Å²) >= 11 is 1.47. The van der Waals surface area contributed by atoms with Gasteiger partial charge in [0.1, 0.15) is 0 Å². The highest BCUT2D eigenvalue weighted by molar-refractivity contribution is 8.00. The number of amides is 1. The molecule has 0 aromatic heterocycles. The first kappa shape index (κ1) is 14.7. The van der Waals surface area contributed by atoms with Gasteiger partial charge in [-0.05, 0) is 23.8 Å². The summed E-state index contributed by atoms with van der Waals surface area (Å²) in [6.45, 7) is 0.334. The number of rotatable bonds is 4. The van der Waals surface area contributed by atoms with E-state index >= 15 is 0 Å². The summed E-state index contributed by atoms with van der Waals surface area (Å²) in [6.07, 6.45) is 0.685. The van der Waals surface area contributed by atoms with Crippen molar-refractivity contribution in [3.05, 3.63) is 59.7 Å². The Morgan fingerprint density at radius 1 is 1.18 bits per heavy atom. The molecule has 112 valence electrons. The first-order valence-electron chi connectivity index (χ1n) is 7.00. The van der Waals surface area contributed by atoms with Crippen molar-refractivity contribution in [1.82, 2.24) is 0 Å². The first-order valence-corrected chi connectivity index (χ1v) is 7.99. The van der Waals surface area contributed by atoms with E-state index in [9.17, 15) is 9.59 Å². The average Bonchev–Trinajstić information content (AvgIpc) is 2.55. The second-order valence-electron chi connectivity index (χ2n) is 4.92. The van der Waals surface area contributed by atoms with Gasteiger partial charge in [0.2, 0.25) is 5.91 Å². The fraction of sp³-hybridized carbons (Fsp3) is 0.176. The van der Waals surface area contributed by atoms with Crippen molar-refractivity contribution in [2.24, 2.45) is 0 Å². The SMILES string of the molecule is O=C1CSc2ccc(C(=O)OCCc3ccccc3)cc2N1. The van der Waals surface area contributed by atoms with E-state index in [4.69, 9.17) is 4.74 Å². The zero-order valence-corrected chi connectivity index (χ0v) is 12.7. The lowest BCUT2D eigenvalue weighted by atomic mass is 10.1. The number of benzene rings is 2. The van der Waals surface area contributed by atoms with Crippen molar-refractivity contribution in [2.75, 3.05) is 17.7 Å². The van der Waals surface area contributed by atoms with Crippen LogP contribution in [0.15, 0.2) is 53.4 Å². The zero-order chi connectivity index (χ0) is 15.4. The topological polar surface area (TPSA) is 55.4 Å². The summed E-state index contributed by atoms with van der Waals surface area (Å²) in [6, 6.07) is 15.1. The third-order valence-corrected chi connectivity index (χ3v) is 4.39. The minimum atomic E-state index is -0.372. The Balaban J connectivity index is 1.60. The minimum absolute atomic E-state index is 0.0490. The van der Waals surface area contributed by atoms with E-state index in [1.54, 1.807) is 12.1 Å². The van der Waals surface area contributed by atoms with Crippen LogP contribution in [0.1, 0.15) is 15.9 Å². The second kappa shape index (κ2) is 6.66. The Morgan fingerprint density at radius 3 is 2.82 bits per heavy atom. The van der Waals surface area contributed by atoms with Crippen molar-refractivity contribution in [3.8, 4) is 0 Å². The zero-order valence-electron chi connectivity index (χ0n) is 11.9. The number of esters is 1. The fourth-order valence-corrected chi connectivity index (χ4v) is 2.99. The smallest absolute Gasteiger partial charge is 0.338 e. The Morgan fingerprint density at radius 2 is 2.00 bits per heavy atom. The van der Waals surface area contributed by atoms with Crippen molar-refractivity contribution >= 4 is 29.3 Å². The molecule has 2 aromatic carbocycles. The molecule has 1 aliphatic heterocycles. The van der Waals surface area contributed by atoms with Crippen LogP contribution >= 0.6 is 11.8 Å². The molecule has 0 aliphatic carbocycles. The largest absolute Gasteiger partial charge is 0.462 e. The molecular formula is C17H15NO3S. The predicted octanol–water partition coefficient (Wildman–Crippen LogP) is 3.13. The first-order chi connectivity index (χ1) is 10.7. The lowest BCUT2D eigenvalue weighted by molar-refractivity contribution is -0.113. The molecule has 2 aromatic rings. The van der Waals surface area contributed by atoms with Crippen LogP contribution in [-0.2, 0) is 16.0 Å². The number of thioether (sulfide) groups is 1. The molecule has 0 bridgehead atoms. The number of carbonyl (C=O) groups excluding carboxylic acids is 2. The highest BCUT2D eigenvalue weighted by Gasteiger charge is 2.17. The molecule has 1 heterocycles. The van der Waals surface area contributed by atoms with Gasteiger partial charge in [-0.1, -0.05) is 30.3 Å². The maximum Gasteiger partial charge on any atom is 0.338 e. The van der Waals surface area contributed by atoms with Crippen LogP contribution in [0.25, 0.3) is 0 Å². The number of anilines is 1. The normalized spacial score (nSPS) is 13.2. The summed E-state index contributed by atoms with van der Waals surface area (Å²) in [5.74, 6) is -0.0101. The van der Waals surface area contributed by atoms with Crippen LogP contribution in [0.5, 0.6) is 0 Å². The van der Waals surface area contributed by atoms with Crippen molar-refractivity contribution < 1.29 is 14.3 Å². The molecule has 0 unspecified atom stereocenters. The molecule has 0 fully saturated rings. The van der Waals surface area contributed by atoms with E-state index in [2.05, 4.69) is 5.32 Å². The monoisotopic (exact) mass is 313 g/mol. The molecule has 0 spiro atoms. The molecule has 1 aliphatic rings. The van der Waals surface area contributed by atoms with E-state index < -0.39 is 0 Å². The molecule has 0 radical (unpaired) electrons. The predicted molar refractivity (Wildman–Crippen MR) is 86.2 cm³/mol. The molecule has 0 saturated heterocycles. The maximum absolute atomic E-state index is 12.1. The highest BCUT2D eigenvalue weighted by Crippen LogP contribution is 2.32. The summed E-state index contributed by atoms with van der Waals surface area (Å²) in [7, 11) is 0. The number of hydrogen-bond acceptors (Lipinski definition) is 4. The van der Waals surface area contributed by atoms with Crippen molar-refractivity contribution in [2.45, 2.75) is 11.3 Å². The average molecular weight is 313 g/mol. The third kappa shape index (κ3) is 3.49. The Kier molecular flexibility index (Phi) is 4.44. The van der Waals surface area contributed by atoms with E-state index in [0.29, 0.717) is 30.0 Å². The molecule has 0 saturated carbocycles. The van der Waals surface area contributed by atoms with Gasteiger partial charge >= 0.3 is 5.97 Å². The van der Waals surface area contributed by atoms with Crippen LogP contribution < -0.4 is 5.32 Å². The van der Waals surface area contributed by atoms with Gasteiger partial charge < -0.3 is 10.1 Å². The molecule has 3 rings (SSSR count). The third-order valence-electron chi connectivity index (χ3n) is 3.31. The van der Waals surface area contributed by atoms with E-state index in [0.717, 1.165) is 10.5 Å². The van der Waals surface area contributed by atoms with E-state index in [1.807, 2.05) is 36.4 Å². The van der Waals surface area contributed by atoms with Gasteiger partial charge in [-0.3, -0.25) is 4.79 Å². The summed E-state index contributed by atoms with van der Waals surface area (Å²) < 4.78 is 5.29. The molecular weight excluding hydrogens is 298 g/mol. The van der Waals surface area contributed by atoms with Gasteiger partial charge in [0.15, 0.2) is 0 Å². The molecule has 5 heteroatoms. The Bertz CT molecular complexity index is 700. The van der Waals surface area contributed by atoms with Gasteiger partial charge in [0.05, 0.1) is 23.6 Å². The van der Waals surface area contributed by atoms with Crippen LogP contribution in [0.2, 0.25) is 0 Å². The summed E-state index contributed by atoms with van der Waals surface area (Å²) in [4.78, 5) is 24.4. The van der Waals surface area contributed by atoms with Crippen LogP contribution in [0.3, 0.4) is 0 Å². The number of hydrogen-bond donors (Lipinski definition) is 1. The molecule has 0 atom stereocenters. The van der Waals surface area contributed by atoms with Crippen LogP contribution in [0, 0.1) is 0 Å². The van der Waals surface area contributed by atoms with Gasteiger partial charge in [-0.2, -0.15) is 0 Å². The van der Waals surface area contributed by atoms with Gasteiger partial charge in [0.25, 0.3) is 0 Å². The van der Waals surface area contributed by atoms with Crippen LogP contribution in [0.4, 0.5) is 5.69 Å². The number of fused-ring (bicyclic) bond motifs is 1. The Labute approximate surface area is 132 Å². The van der Waals surface area contributed by atoms with Gasteiger partial charge in [0, 0.05) is 11.3 Å². The van der Waals surface area contributed by atoms with E-state index in [1.165, 1.54) is 11.8 Å². The lowest BCUT2D eigenvalue weighted by Crippen LogP contribution is -2.19. The number of carbonyl (C=O) groups is 2. The summed E-state index contributed by atoms with van der Waals surface area (Å²) in [5.41, 5.74) is 2.26. The summed E-state index contributed by atoms with van der Waals surface area (Å²) in [5, 5.41) is 2.77. The quantitative estimate of drug-likeness (QED) is 0.881. The molecule has 1 N–H and O–H groups in total. The van der Waals surface area contributed by atoms with Gasteiger partial charge in [-0.15, -0.1) is 11.8 Å². The molecule has 22 heavy (non-hydrogen) atoms.